The van der Waals surface area contributed by atoms with Crippen LogP contribution >= 0.6 is 11.6 Å². The van der Waals surface area contributed by atoms with E-state index in [1.807, 2.05) is 17.9 Å². The van der Waals surface area contributed by atoms with Gasteiger partial charge in [-0.05, 0) is 44.2 Å². The molecule has 0 radical (unpaired) electrons. The van der Waals surface area contributed by atoms with Crippen LogP contribution in [0, 0.1) is 0 Å². The number of halogens is 1. The predicted octanol–water partition coefficient (Wildman–Crippen LogP) is 2.67. The zero-order chi connectivity index (χ0) is 14.5. The van der Waals surface area contributed by atoms with Gasteiger partial charge >= 0.3 is 0 Å². The molecule has 4 nitrogen and oxygen atoms in total. The van der Waals surface area contributed by atoms with E-state index in [1.54, 1.807) is 6.07 Å². The van der Waals surface area contributed by atoms with Gasteiger partial charge in [0.05, 0.1) is 0 Å². The van der Waals surface area contributed by atoms with Crippen LogP contribution in [0.2, 0.25) is 5.15 Å². The Bertz CT molecular complexity index is 475. The third-order valence-electron chi connectivity index (χ3n) is 3.79. The van der Waals surface area contributed by atoms with Gasteiger partial charge in [-0.25, -0.2) is 4.98 Å². The van der Waals surface area contributed by atoms with E-state index >= 15 is 0 Å². The molecule has 1 heterocycles. The summed E-state index contributed by atoms with van der Waals surface area (Å²) in [7, 11) is 0. The Morgan fingerprint density at radius 2 is 2.25 bits per heavy atom. The second-order valence-corrected chi connectivity index (χ2v) is 5.57. The van der Waals surface area contributed by atoms with Crippen molar-refractivity contribution in [3.05, 3.63) is 28.5 Å². The zero-order valence-electron chi connectivity index (χ0n) is 11.8. The minimum absolute atomic E-state index is 0.00199. The van der Waals surface area contributed by atoms with Crippen molar-refractivity contribution in [2.75, 3.05) is 13.2 Å². The van der Waals surface area contributed by atoms with Crippen molar-refractivity contribution in [3.63, 3.8) is 0 Å². The molecular weight excluding hydrogens is 276 g/mol. The first-order valence-electron chi connectivity index (χ1n) is 7.24. The highest BCUT2D eigenvalue weighted by Gasteiger charge is 2.29. The Morgan fingerprint density at radius 1 is 1.50 bits per heavy atom. The third-order valence-corrected chi connectivity index (χ3v) is 3.98. The van der Waals surface area contributed by atoms with Crippen LogP contribution in [0.25, 0.3) is 0 Å². The number of aromatic nitrogens is 1. The topological polar surface area (TPSA) is 53.4 Å². The first-order valence-corrected chi connectivity index (χ1v) is 7.61. The number of pyridine rings is 1. The molecule has 0 unspecified atom stereocenters. The fraction of sp³-hybridized carbons (Fsp3) is 0.600. The standard InChI is InChI=1S/C15H21ClN2O2/c1-2-12-9-11(10-14(16)17-12)15(20)18(7-4-8-19)13-5-3-6-13/h9-10,13,19H,2-8H2,1H3. The molecule has 0 aromatic carbocycles. The lowest BCUT2D eigenvalue weighted by atomic mass is 9.90. The highest BCUT2D eigenvalue weighted by atomic mass is 35.5. The van der Waals surface area contributed by atoms with Crippen LogP contribution in [0.1, 0.15) is 48.7 Å². The summed E-state index contributed by atoms with van der Waals surface area (Å²) >= 11 is 5.99. The molecule has 0 spiro atoms. The molecule has 1 N–H and O–H groups in total. The van der Waals surface area contributed by atoms with Gasteiger partial charge in [-0.15, -0.1) is 0 Å². The fourth-order valence-electron chi connectivity index (χ4n) is 2.41. The lowest BCUT2D eigenvalue weighted by Crippen LogP contribution is -2.45. The van der Waals surface area contributed by atoms with E-state index in [-0.39, 0.29) is 12.5 Å². The third kappa shape index (κ3) is 3.49. The average Bonchev–Trinajstić information content (AvgIpc) is 2.39. The van der Waals surface area contributed by atoms with E-state index in [0.29, 0.717) is 29.7 Å². The van der Waals surface area contributed by atoms with Crippen LogP contribution in [0.15, 0.2) is 12.1 Å². The van der Waals surface area contributed by atoms with Crippen molar-refractivity contribution >= 4 is 17.5 Å². The Labute approximate surface area is 124 Å². The molecule has 1 aromatic rings. The first-order chi connectivity index (χ1) is 9.65. The van der Waals surface area contributed by atoms with Gasteiger partial charge in [-0.2, -0.15) is 0 Å². The second kappa shape index (κ2) is 7.04. The number of hydrogen-bond donors (Lipinski definition) is 1. The summed E-state index contributed by atoms with van der Waals surface area (Å²) in [6.07, 6.45) is 4.64. The van der Waals surface area contributed by atoms with Crippen molar-refractivity contribution in [1.82, 2.24) is 9.88 Å². The lowest BCUT2D eigenvalue weighted by molar-refractivity contribution is 0.0562. The molecule has 2 rings (SSSR count). The number of nitrogens with zero attached hydrogens (tertiary/aromatic N) is 2. The fourth-order valence-corrected chi connectivity index (χ4v) is 2.64. The number of aryl methyl sites for hydroxylation is 1. The molecule has 5 heteroatoms. The van der Waals surface area contributed by atoms with Gasteiger partial charge in [-0.1, -0.05) is 18.5 Å². The van der Waals surface area contributed by atoms with Gasteiger partial charge in [0.2, 0.25) is 0 Å². The number of hydrogen-bond acceptors (Lipinski definition) is 3. The molecular formula is C15H21ClN2O2. The zero-order valence-corrected chi connectivity index (χ0v) is 12.6. The van der Waals surface area contributed by atoms with Crippen molar-refractivity contribution < 1.29 is 9.90 Å². The summed E-state index contributed by atoms with van der Waals surface area (Å²) in [6, 6.07) is 3.76. The molecule has 110 valence electrons. The molecule has 1 aliphatic carbocycles. The number of carbonyl (C=O) groups excluding carboxylic acids is 1. The van der Waals surface area contributed by atoms with E-state index in [1.165, 1.54) is 6.42 Å². The maximum absolute atomic E-state index is 12.7. The van der Waals surface area contributed by atoms with Crippen LogP contribution in [-0.4, -0.2) is 40.1 Å². The van der Waals surface area contributed by atoms with Crippen LogP contribution in [0.5, 0.6) is 0 Å². The van der Waals surface area contributed by atoms with Gasteiger partial charge < -0.3 is 10.0 Å². The largest absolute Gasteiger partial charge is 0.396 e. The number of rotatable bonds is 6. The summed E-state index contributed by atoms with van der Waals surface area (Å²) in [5.74, 6) is 0.00199. The van der Waals surface area contributed by atoms with E-state index in [2.05, 4.69) is 4.98 Å². The Kier molecular flexibility index (Phi) is 5.38. The van der Waals surface area contributed by atoms with Crippen LogP contribution in [-0.2, 0) is 6.42 Å². The molecule has 0 saturated heterocycles. The molecule has 20 heavy (non-hydrogen) atoms. The van der Waals surface area contributed by atoms with Gasteiger partial charge in [-0.3, -0.25) is 4.79 Å². The smallest absolute Gasteiger partial charge is 0.254 e. The summed E-state index contributed by atoms with van der Waals surface area (Å²) < 4.78 is 0. The normalized spacial score (nSPS) is 14.9. The predicted molar refractivity (Wildman–Crippen MR) is 79.0 cm³/mol. The van der Waals surface area contributed by atoms with Gasteiger partial charge in [0.1, 0.15) is 5.15 Å². The van der Waals surface area contributed by atoms with Gasteiger partial charge in [0, 0.05) is 30.5 Å². The van der Waals surface area contributed by atoms with E-state index in [0.717, 1.165) is 25.0 Å². The number of carbonyl (C=O) groups is 1. The SMILES string of the molecule is CCc1cc(C(=O)N(CCCO)C2CCC2)cc(Cl)n1. The van der Waals surface area contributed by atoms with E-state index < -0.39 is 0 Å². The molecule has 0 atom stereocenters. The van der Waals surface area contributed by atoms with Crippen LogP contribution < -0.4 is 0 Å². The highest BCUT2D eigenvalue weighted by molar-refractivity contribution is 6.29. The first kappa shape index (κ1) is 15.3. The number of aliphatic hydroxyl groups excluding tert-OH is 1. The Balaban J connectivity index is 2.19. The average molecular weight is 297 g/mol. The molecule has 0 bridgehead atoms. The monoisotopic (exact) mass is 296 g/mol. The Hall–Kier alpha value is -1.13. The number of amides is 1. The maximum Gasteiger partial charge on any atom is 0.254 e. The van der Waals surface area contributed by atoms with Gasteiger partial charge in [0.25, 0.3) is 5.91 Å². The minimum Gasteiger partial charge on any atom is -0.396 e. The summed E-state index contributed by atoms with van der Waals surface area (Å²) in [5.41, 5.74) is 1.43. The Morgan fingerprint density at radius 3 is 2.80 bits per heavy atom. The molecule has 1 aliphatic rings. The second-order valence-electron chi connectivity index (χ2n) is 5.18. The highest BCUT2D eigenvalue weighted by Crippen LogP contribution is 2.27. The summed E-state index contributed by atoms with van der Waals surface area (Å²) in [4.78, 5) is 18.7. The number of aliphatic hydroxyl groups is 1. The minimum atomic E-state index is 0.00199. The molecule has 1 amide bonds. The molecule has 1 aromatic heterocycles. The lowest BCUT2D eigenvalue weighted by Gasteiger charge is -2.37. The summed E-state index contributed by atoms with van der Waals surface area (Å²) in [5, 5.41) is 9.36. The van der Waals surface area contributed by atoms with Crippen LogP contribution in [0.4, 0.5) is 0 Å². The molecule has 1 fully saturated rings. The van der Waals surface area contributed by atoms with E-state index in [9.17, 15) is 4.79 Å². The van der Waals surface area contributed by atoms with Crippen molar-refractivity contribution in [1.29, 1.82) is 0 Å². The quantitative estimate of drug-likeness (QED) is 0.821. The van der Waals surface area contributed by atoms with Crippen molar-refractivity contribution in [2.24, 2.45) is 0 Å². The summed E-state index contributed by atoms with van der Waals surface area (Å²) in [6.45, 7) is 2.69. The molecule has 0 aliphatic heterocycles. The molecule has 1 saturated carbocycles. The van der Waals surface area contributed by atoms with Crippen LogP contribution in [0.3, 0.4) is 0 Å². The van der Waals surface area contributed by atoms with E-state index in [4.69, 9.17) is 16.7 Å². The maximum atomic E-state index is 12.7. The van der Waals surface area contributed by atoms with Gasteiger partial charge in [0.15, 0.2) is 0 Å². The van der Waals surface area contributed by atoms with Crippen molar-refractivity contribution in [3.8, 4) is 0 Å². The van der Waals surface area contributed by atoms with Crippen molar-refractivity contribution in [2.45, 2.75) is 45.1 Å².